The number of hydrogen-bond donors (Lipinski definition) is 1. The van der Waals surface area contributed by atoms with Crippen molar-refractivity contribution in [1.29, 1.82) is 0 Å². The molecule has 1 atom stereocenters. The first kappa shape index (κ1) is 9.82. The minimum Gasteiger partial charge on any atom is -0.307 e. The molecule has 0 rings (SSSR count). The molecule has 0 aromatic rings. The van der Waals surface area contributed by atoms with Gasteiger partial charge in [-0.2, -0.15) is 0 Å². The van der Waals surface area contributed by atoms with Crippen LogP contribution in [0.25, 0.3) is 0 Å². The van der Waals surface area contributed by atoms with Crippen LogP contribution in [0.1, 0.15) is 27.7 Å². The van der Waals surface area contributed by atoms with Gasteiger partial charge in [0.2, 0.25) is 0 Å². The predicted octanol–water partition coefficient (Wildman–Crippen LogP) is 2.03. The van der Waals surface area contributed by atoms with Crippen LogP contribution in [0.5, 0.6) is 0 Å². The van der Waals surface area contributed by atoms with Gasteiger partial charge in [0.05, 0.1) is 6.04 Å². The fourth-order valence-electron chi connectivity index (χ4n) is 0.646. The van der Waals surface area contributed by atoms with E-state index in [1.54, 1.807) is 0 Å². The van der Waals surface area contributed by atoms with Gasteiger partial charge in [-0.05, 0) is 6.92 Å². The molecule has 1 nitrogen and oxygen atoms in total. The summed E-state index contributed by atoms with van der Waals surface area (Å²) < 4.78 is 24.8. The molecule has 0 saturated carbocycles. The zero-order valence-corrected chi connectivity index (χ0v) is 6.91. The molecular weight excluding hydrogens is 136 g/mol. The number of hydrogen-bond acceptors (Lipinski definition) is 1. The Hall–Kier alpha value is -0.180. The van der Waals surface area contributed by atoms with Crippen LogP contribution in [-0.4, -0.2) is 18.0 Å². The Kier molecular flexibility index (Phi) is 3.22. The summed E-state index contributed by atoms with van der Waals surface area (Å²) in [5.41, 5.74) is 0. The Morgan fingerprint density at radius 1 is 1.20 bits per heavy atom. The van der Waals surface area contributed by atoms with E-state index in [0.29, 0.717) is 0 Å². The number of halogens is 2. The quantitative estimate of drug-likeness (QED) is 0.650. The van der Waals surface area contributed by atoms with E-state index in [-0.39, 0.29) is 6.04 Å². The zero-order chi connectivity index (χ0) is 8.36. The maximum absolute atomic E-state index is 12.4. The lowest BCUT2D eigenvalue weighted by molar-refractivity contribution is -0.0145. The zero-order valence-electron chi connectivity index (χ0n) is 6.91. The van der Waals surface area contributed by atoms with Crippen LogP contribution in [0, 0.1) is 0 Å². The van der Waals surface area contributed by atoms with Gasteiger partial charge in [-0.3, -0.25) is 0 Å². The van der Waals surface area contributed by atoms with E-state index in [4.69, 9.17) is 0 Å². The minimum atomic E-state index is -2.62. The van der Waals surface area contributed by atoms with Crippen molar-refractivity contribution < 1.29 is 8.78 Å². The topological polar surface area (TPSA) is 12.0 Å². The minimum absolute atomic E-state index is 0.112. The number of alkyl halides is 2. The molecule has 62 valence electrons. The van der Waals surface area contributed by atoms with Crippen LogP contribution in [-0.2, 0) is 0 Å². The third-order valence-electron chi connectivity index (χ3n) is 1.34. The Balaban J connectivity index is 3.73. The van der Waals surface area contributed by atoms with Crippen molar-refractivity contribution in [3.05, 3.63) is 0 Å². The highest BCUT2D eigenvalue weighted by molar-refractivity contribution is 4.75. The summed E-state index contributed by atoms with van der Waals surface area (Å²) in [6.07, 6.45) is 0. The SMILES string of the molecule is CC(C)N[C@@H](C)C(C)(F)F. The van der Waals surface area contributed by atoms with Gasteiger partial charge in [-0.15, -0.1) is 0 Å². The van der Waals surface area contributed by atoms with Gasteiger partial charge in [0, 0.05) is 13.0 Å². The highest BCUT2D eigenvalue weighted by atomic mass is 19.3. The first-order valence-corrected chi connectivity index (χ1v) is 3.48. The van der Waals surface area contributed by atoms with Crippen LogP contribution in [0.4, 0.5) is 8.78 Å². The van der Waals surface area contributed by atoms with Crippen molar-refractivity contribution in [2.75, 3.05) is 0 Å². The maximum Gasteiger partial charge on any atom is 0.260 e. The second-order valence-electron chi connectivity index (χ2n) is 3.00. The van der Waals surface area contributed by atoms with E-state index in [1.165, 1.54) is 6.92 Å². The molecule has 0 unspecified atom stereocenters. The van der Waals surface area contributed by atoms with Crippen molar-refractivity contribution in [1.82, 2.24) is 5.32 Å². The smallest absolute Gasteiger partial charge is 0.260 e. The summed E-state index contributed by atoms with van der Waals surface area (Å²) in [4.78, 5) is 0. The van der Waals surface area contributed by atoms with Gasteiger partial charge in [0.15, 0.2) is 0 Å². The van der Waals surface area contributed by atoms with Gasteiger partial charge < -0.3 is 5.32 Å². The van der Waals surface area contributed by atoms with Crippen molar-refractivity contribution in [3.8, 4) is 0 Å². The molecule has 0 aromatic heterocycles. The van der Waals surface area contributed by atoms with Crippen molar-refractivity contribution in [2.24, 2.45) is 0 Å². The maximum atomic E-state index is 12.4. The Morgan fingerprint density at radius 3 is 1.70 bits per heavy atom. The summed E-state index contributed by atoms with van der Waals surface area (Å²) in [7, 11) is 0. The van der Waals surface area contributed by atoms with Gasteiger partial charge in [-0.1, -0.05) is 13.8 Å². The Bertz CT molecular complexity index is 96.3. The summed E-state index contributed by atoms with van der Waals surface area (Å²) in [6, 6.07) is -0.631. The highest BCUT2D eigenvalue weighted by Crippen LogP contribution is 2.16. The molecule has 0 aromatic carbocycles. The average molecular weight is 151 g/mol. The Morgan fingerprint density at radius 2 is 1.60 bits per heavy atom. The molecule has 0 aliphatic heterocycles. The second-order valence-corrected chi connectivity index (χ2v) is 3.00. The standard InChI is InChI=1S/C7H15F2N/c1-5(2)10-6(3)7(4,8)9/h5-6,10H,1-4H3/t6-/m0/s1. The molecule has 0 heterocycles. The molecule has 3 heteroatoms. The molecule has 0 aliphatic rings. The third-order valence-corrected chi connectivity index (χ3v) is 1.34. The molecule has 0 aliphatic carbocycles. The molecule has 0 radical (unpaired) electrons. The van der Waals surface area contributed by atoms with E-state index in [2.05, 4.69) is 5.32 Å². The van der Waals surface area contributed by atoms with Crippen LogP contribution in [0.2, 0.25) is 0 Å². The molecule has 0 amide bonds. The normalized spacial score (nSPS) is 15.9. The molecule has 0 fully saturated rings. The van der Waals surface area contributed by atoms with Gasteiger partial charge >= 0.3 is 0 Å². The molecule has 0 spiro atoms. The third kappa shape index (κ3) is 3.77. The molecule has 0 saturated heterocycles. The molecule has 1 N–H and O–H groups in total. The summed E-state index contributed by atoms with van der Waals surface area (Å²) in [5.74, 6) is -2.62. The molecule has 0 bridgehead atoms. The number of nitrogens with one attached hydrogen (secondary N) is 1. The van der Waals surface area contributed by atoms with Gasteiger partial charge in [0.1, 0.15) is 0 Å². The summed E-state index contributed by atoms with van der Waals surface area (Å²) in [6.45, 7) is 6.11. The van der Waals surface area contributed by atoms with Crippen LogP contribution >= 0.6 is 0 Å². The largest absolute Gasteiger partial charge is 0.307 e. The van der Waals surface area contributed by atoms with Crippen molar-refractivity contribution >= 4 is 0 Å². The van der Waals surface area contributed by atoms with Crippen molar-refractivity contribution in [2.45, 2.75) is 45.7 Å². The van der Waals surface area contributed by atoms with Gasteiger partial charge in [-0.25, -0.2) is 8.78 Å². The average Bonchev–Trinajstić information content (AvgIpc) is 1.60. The monoisotopic (exact) mass is 151 g/mol. The highest BCUT2D eigenvalue weighted by Gasteiger charge is 2.29. The predicted molar refractivity (Wildman–Crippen MR) is 38.4 cm³/mol. The number of rotatable bonds is 3. The van der Waals surface area contributed by atoms with E-state index < -0.39 is 12.0 Å². The lowest BCUT2D eigenvalue weighted by atomic mass is 10.2. The van der Waals surface area contributed by atoms with E-state index in [0.717, 1.165) is 6.92 Å². The summed E-state index contributed by atoms with van der Waals surface area (Å²) in [5, 5.41) is 2.73. The van der Waals surface area contributed by atoms with E-state index >= 15 is 0 Å². The fraction of sp³-hybridized carbons (Fsp3) is 1.00. The van der Waals surface area contributed by atoms with Crippen molar-refractivity contribution in [3.63, 3.8) is 0 Å². The fourth-order valence-corrected chi connectivity index (χ4v) is 0.646. The first-order valence-electron chi connectivity index (χ1n) is 3.48. The lowest BCUT2D eigenvalue weighted by Gasteiger charge is -2.22. The first-order chi connectivity index (χ1) is 4.34. The molecule has 10 heavy (non-hydrogen) atoms. The second kappa shape index (κ2) is 3.28. The van der Waals surface area contributed by atoms with Crippen LogP contribution < -0.4 is 5.32 Å². The van der Waals surface area contributed by atoms with E-state index in [9.17, 15) is 8.78 Å². The summed E-state index contributed by atoms with van der Waals surface area (Å²) >= 11 is 0. The lowest BCUT2D eigenvalue weighted by Crippen LogP contribution is -2.43. The van der Waals surface area contributed by atoms with Crippen LogP contribution in [0.15, 0.2) is 0 Å². The van der Waals surface area contributed by atoms with Crippen LogP contribution in [0.3, 0.4) is 0 Å². The Labute approximate surface area is 60.8 Å². The molecular formula is C7H15F2N. The van der Waals surface area contributed by atoms with E-state index in [1.807, 2.05) is 13.8 Å². The van der Waals surface area contributed by atoms with Gasteiger partial charge in [0.25, 0.3) is 5.92 Å².